The predicted octanol–water partition coefficient (Wildman–Crippen LogP) is 13.8. The van der Waals surface area contributed by atoms with E-state index in [9.17, 15) is 14.3 Å². The van der Waals surface area contributed by atoms with Crippen LogP contribution < -0.4 is 4.89 Å². The van der Waals surface area contributed by atoms with Crippen molar-refractivity contribution in [1.82, 2.24) is 0 Å². The Labute approximate surface area is 348 Å². The van der Waals surface area contributed by atoms with Crippen molar-refractivity contribution < 1.29 is 37.3 Å². The summed E-state index contributed by atoms with van der Waals surface area (Å²) >= 11 is 0. The molecule has 0 amide bonds. The number of likely N-dealkylation sites (N-methyl/N-ethyl adjacent to an activating group) is 1. The number of nitrogens with zero attached hydrogens (tertiary/aromatic N) is 1. The lowest BCUT2D eigenvalue weighted by Gasteiger charge is -2.28. The van der Waals surface area contributed by atoms with E-state index in [-0.39, 0.29) is 25.8 Å². The molecule has 2 unspecified atom stereocenters. The molecule has 0 heterocycles. The number of rotatable bonds is 46. The summed E-state index contributed by atoms with van der Waals surface area (Å²) in [6, 6.07) is 0. The highest BCUT2D eigenvalue weighted by Gasteiger charge is 2.20. The van der Waals surface area contributed by atoms with Crippen LogP contribution in [0, 0.1) is 0 Å². The fourth-order valence-corrected chi connectivity index (χ4v) is 7.87. The number of carbonyl (C=O) groups excluding carboxylic acids is 1. The molecule has 336 valence electrons. The van der Waals surface area contributed by atoms with Crippen molar-refractivity contribution in [2.75, 3.05) is 54.1 Å². The minimum absolute atomic E-state index is 0.0314. The van der Waals surface area contributed by atoms with Gasteiger partial charge in [0.25, 0.3) is 7.82 Å². The van der Waals surface area contributed by atoms with Crippen molar-refractivity contribution in [3.05, 3.63) is 0 Å². The number of phosphoric ester groups is 1. The van der Waals surface area contributed by atoms with Crippen LogP contribution in [0.25, 0.3) is 0 Å². The summed E-state index contributed by atoms with van der Waals surface area (Å²) in [6.45, 7) is 5.47. The first-order valence-electron chi connectivity index (χ1n) is 24.3. The van der Waals surface area contributed by atoms with E-state index in [1.807, 2.05) is 21.1 Å². The van der Waals surface area contributed by atoms with Crippen LogP contribution in [0.1, 0.15) is 239 Å². The van der Waals surface area contributed by atoms with E-state index in [2.05, 4.69) is 13.8 Å². The third-order valence-electron chi connectivity index (χ3n) is 10.9. The second kappa shape index (κ2) is 41.2. The molecule has 0 radical (unpaired) electrons. The van der Waals surface area contributed by atoms with Crippen molar-refractivity contribution in [2.24, 2.45) is 0 Å². The van der Waals surface area contributed by atoms with Gasteiger partial charge >= 0.3 is 5.97 Å². The maximum absolute atomic E-state index is 12.7. The molecule has 0 spiro atoms. The van der Waals surface area contributed by atoms with Crippen LogP contribution in [0.3, 0.4) is 0 Å². The Hall–Kier alpha value is -0.500. The number of hydrogen-bond donors (Lipinski definition) is 0. The van der Waals surface area contributed by atoms with Crippen LogP contribution in [0.15, 0.2) is 0 Å². The molecule has 0 bridgehead atoms. The molecule has 0 aliphatic rings. The minimum atomic E-state index is -4.52. The number of esters is 1. The molecular weight excluding hydrogens is 721 g/mol. The molecule has 0 saturated carbocycles. The van der Waals surface area contributed by atoms with Crippen molar-refractivity contribution in [2.45, 2.75) is 245 Å². The topological polar surface area (TPSA) is 94.1 Å². The normalized spacial score (nSPS) is 13.6. The Balaban J connectivity index is 4.02. The Bertz CT molecular complexity index is 868. The molecule has 9 heteroatoms. The van der Waals surface area contributed by atoms with E-state index in [0.29, 0.717) is 24.1 Å². The molecule has 0 fully saturated rings. The first-order chi connectivity index (χ1) is 27.1. The fourth-order valence-electron chi connectivity index (χ4n) is 7.14. The zero-order valence-electron chi connectivity index (χ0n) is 38.1. The molecule has 0 rings (SSSR count). The summed E-state index contributed by atoms with van der Waals surface area (Å²) in [4.78, 5) is 25.1. The van der Waals surface area contributed by atoms with Gasteiger partial charge in [-0.25, -0.2) is 0 Å². The average Bonchev–Trinajstić information content (AvgIpc) is 3.15. The van der Waals surface area contributed by atoms with Gasteiger partial charge in [0.15, 0.2) is 0 Å². The Morgan fingerprint density at radius 1 is 0.482 bits per heavy atom. The lowest BCUT2D eigenvalue weighted by molar-refractivity contribution is -0.870. The van der Waals surface area contributed by atoms with Gasteiger partial charge in [-0.3, -0.25) is 9.36 Å². The van der Waals surface area contributed by atoms with Crippen LogP contribution >= 0.6 is 7.82 Å². The predicted molar refractivity (Wildman–Crippen MR) is 236 cm³/mol. The van der Waals surface area contributed by atoms with Crippen LogP contribution in [0.5, 0.6) is 0 Å². The molecule has 8 nitrogen and oxygen atoms in total. The molecule has 2 atom stereocenters. The summed E-state index contributed by atoms with van der Waals surface area (Å²) in [5.41, 5.74) is 0. The van der Waals surface area contributed by atoms with Crippen LogP contribution in [0.2, 0.25) is 0 Å². The van der Waals surface area contributed by atoms with E-state index in [0.717, 1.165) is 32.1 Å². The molecule has 0 aromatic heterocycles. The summed E-state index contributed by atoms with van der Waals surface area (Å²) in [7, 11) is 1.38. The maximum atomic E-state index is 12.7. The van der Waals surface area contributed by atoms with Gasteiger partial charge in [0.1, 0.15) is 19.3 Å². The molecule has 0 N–H and O–H groups in total. The highest BCUT2D eigenvalue weighted by molar-refractivity contribution is 7.45. The minimum Gasteiger partial charge on any atom is -0.756 e. The van der Waals surface area contributed by atoms with Gasteiger partial charge in [-0.15, -0.1) is 0 Å². The molecule has 0 aliphatic carbocycles. The van der Waals surface area contributed by atoms with Crippen molar-refractivity contribution in [1.29, 1.82) is 0 Å². The van der Waals surface area contributed by atoms with Crippen LogP contribution in [-0.4, -0.2) is 70.7 Å². The molecule has 0 saturated heterocycles. The lowest BCUT2D eigenvalue weighted by Crippen LogP contribution is -2.37. The largest absolute Gasteiger partial charge is 0.756 e. The number of ether oxygens (including phenoxy) is 2. The van der Waals surface area contributed by atoms with E-state index >= 15 is 0 Å². The molecule has 0 aromatic carbocycles. The third kappa shape index (κ3) is 44.6. The first-order valence-corrected chi connectivity index (χ1v) is 25.7. The summed E-state index contributed by atoms with van der Waals surface area (Å²) in [5, 5.41) is 0. The molecular formula is C47H96NO7P. The highest BCUT2D eigenvalue weighted by Crippen LogP contribution is 2.38. The van der Waals surface area contributed by atoms with E-state index in [1.54, 1.807) is 0 Å². The van der Waals surface area contributed by atoms with E-state index in [4.69, 9.17) is 18.5 Å². The lowest BCUT2D eigenvalue weighted by atomic mass is 10.0. The standard InChI is InChI=1S/C47H96NO7P/c1-6-8-10-12-14-16-18-19-20-21-22-23-24-25-26-27-28-29-30-32-34-36-38-40-47(49)55-46(45-54-56(50,51)53-43-41-48(3,4)5)44-52-42-39-37-35-33-31-17-15-13-11-9-7-2/h46H,6-45H2,1-5H3. The first kappa shape index (κ1) is 55.5. The van der Waals surface area contributed by atoms with Crippen molar-refractivity contribution in [3.8, 4) is 0 Å². The summed E-state index contributed by atoms with van der Waals surface area (Å²) < 4.78 is 34.6. The van der Waals surface area contributed by atoms with Gasteiger partial charge in [-0.05, 0) is 12.8 Å². The van der Waals surface area contributed by atoms with E-state index < -0.39 is 13.9 Å². The van der Waals surface area contributed by atoms with Gasteiger partial charge in [0.2, 0.25) is 0 Å². The van der Waals surface area contributed by atoms with Gasteiger partial charge in [-0.1, -0.05) is 219 Å². The Morgan fingerprint density at radius 2 is 0.821 bits per heavy atom. The fraction of sp³-hybridized carbons (Fsp3) is 0.979. The Morgan fingerprint density at radius 3 is 1.18 bits per heavy atom. The maximum Gasteiger partial charge on any atom is 0.306 e. The van der Waals surface area contributed by atoms with Gasteiger partial charge in [0.05, 0.1) is 34.4 Å². The number of carbonyl (C=O) groups is 1. The average molecular weight is 818 g/mol. The molecule has 0 aromatic rings. The van der Waals surface area contributed by atoms with Crippen LogP contribution in [-0.2, 0) is 27.9 Å². The quantitative estimate of drug-likeness (QED) is 0.0261. The smallest absolute Gasteiger partial charge is 0.306 e. The molecule has 56 heavy (non-hydrogen) atoms. The van der Waals surface area contributed by atoms with Crippen molar-refractivity contribution in [3.63, 3.8) is 0 Å². The third-order valence-corrected chi connectivity index (χ3v) is 11.9. The zero-order chi connectivity index (χ0) is 41.3. The Kier molecular flexibility index (Phi) is 40.9. The zero-order valence-corrected chi connectivity index (χ0v) is 39.0. The second-order valence-corrected chi connectivity index (χ2v) is 19.3. The second-order valence-electron chi connectivity index (χ2n) is 17.8. The SMILES string of the molecule is CCCCCCCCCCCCCCCCCCCCCCCCCC(=O)OC(COCCCCCCCCCCCCC)COP(=O)([O-])OCC[N+](C)(C)C. The number of unbranched alkanes of at least 4 members (excludes halogenated alkanes) is 32. The summed E-state index contributed by atoms with van der Waals surface area (Å²) in [5.74, 6) is -0.327. The van der Waals surface area contributed by atoms with Crippen LogP contribution in [0.4, 0.5) is 0 Å². The van der Waals surface area contributed by atoms with Gasteiger partial charge in [-0.2, -0.15) is 0 Å². The summed E-state index contributed by atoms with van der Waals surface area (Å²) in [6.07, 6.45) is 44.1. The molecule has 0 aliphatic heterocycles. The van der Waals surface area contributed by atoms with Gasteiger partial charge in [0, 0.05) is 13.0 Å². The monoisotopic (exact) mass is 818 g/mol. The van der Waals surface area contributed by atoms with Gasteiger partial charge < -0.3 is 27.9 Å². The van der Waals surface area contributed by atoms with Crippen molar-refractivity contribution >= 4 is 13.8 Å². The number of quaternary nitrogens is 1. The highest BCUT2D eigenvalue weighted by atomic mass is 31.2. The number of hydrogen-bond acceptors (Lipinski definition) is 7. The van der Waals surface area contributed by atoms with E-state index in [1.165, 1.54) is 186 Å². The number of phosphoric acid groups is 1.